The minimum Gasteiger partial charge on any atom is -0.387 e. The highest BCUT2D eigenvalue weighted by Crippen LogP contribution is 2.63. The van der Waals surface area contributed by atoms with Gasteiger partial charge in [-0.3, -0.25) is 4.79 Å². The summed E-state index contributed by atoms with van der Waals surface area (Å²) in [5.74, 6) is 0.898. The molecule has 0 unspecified atom stereocenters. The zero-order valence-corrected chi connectivity index (χ0v) is 11.1. The molecule has 3 aliphatic rings. The molecule has 1 aromatic rings. The van der Waals surface area contributed by atoms with Gasteiger partial charge in [0.25, 0.3) is 0 Å². The Labute approximate surface area is 112 Å². The van der Waals surface area contributed by atoms with E-state index in [1.807, 2.05) is 24.3 Å². The monoisotopic (exact) mass is 259 g/mol. The molecule has 2 aliphatic carbocycles. The maximum atomic E-state index is 12.4. The quantitative estimate of drug-likeness (QED) is 0.619. The van der Waals surface area contributed by atoms with Crippen molar-refractivity contribution in [3.63, 3.8) is 0 Å². The maximum Gasteiger partial charge on any atom is 0.175 e. The van der Waals surface area contributed by atoms with Crippen LogP contribution in [-0.4, -0.2) is 26.5 Å². The summed E-state index contributed by atoms with van der Waals surface area (Å²) < 4.78 is 0. The summed E-state index contributed by atoms with van der Waals surface area (Å²) in [5, 5.41) is 3.36. The molecular weight excluding hydrogens is 242 g/mol. The number of fused-ring (bicyclic) bond motifs is 1. The highest BCUT2D eigenvalue weighted by atomic mass is 17.2. The van der Waals surface area contributed by atoms with Crippen molar-refractivity contribution in [1.82, 2.24) is 5.32 Å². The Hall–Kier alpha value is -1.65. The lowest BCUT2D eigenvalue weighted by atomic mass is 9.83. The number of allylic oxidation sites excluding steroid dienone is 1. The van der Waals surface area contributed by atoms with Gasteiger partial charge in [-0.15, -0.1) is 0 Å². The number of Topliss-reactive ketones (excluding diaryl/α,β-unsaturated/α-hetero) is 1. The van der Waals surface area contributed by atoms with E-state index in [0.29, 0.717) is 11.7 Å². The van der Waals surface area contributed by atoms with Gasteiger partial charge in [-0.2, -0.15) is 0 Å². The predicted octanol–water partition coefficient (Wildman–Crippen LogP) is 2.03. The number of hydrogen-bond donors (Lipinski definition) is 1. The molecule has 4 rings (SSSR count). The second-order valence-corrected chi connectivity index (χ2v) is 5.06. The van der Waals surface area contributed by atoms with Gasteiger partial charge >= 0.3 is 0 Å². The van der Waals surface area contributed by atoms with E-state index < -0.39 is 0 Å². The number of piperidine rings is 1. The van der Waals surface area contributed by atoms with Crippen LogP contribution in [0.15, 0.2) is 30.0 Å². The normalized spacial score (nSPS) is 29.1. The molecule has 100 valence electrons. The Balaban J connectivity index is 0.000000247. The molecule has 1 heterocycles. The van der Waals surface area contributed by atoms with Gasteiger partial charge in [0.2, 0.25) is 0 Å². The average molecular weight is 259 g/mol. The molecule has 0 aromatic heterocycles. The Kier molecular flexibility index (Phi) is 2.92. The van der Waals surface area contributed by atoms with Crippen molar-refractivity contribution in [1.29, 1.82) is 0 Å². The summed E-state index contributed by atoms with van der Waals surface area (Å²) in [6.45, 7) is 0.978. The first-order valence-corrected chi connectivity index (χ1v) is 6.40. The third-order valence-corrected chi connectivity index (χ3v) is 4.20. The third kappa shape index (κ3) is 1.71. The molecule has 1 aromatic carbocycles. The van der Waals surface area contributed by atoms with Crippen LogP contribution in [0.25, 0.3) is 6.08 Å². The predicted molar refractivity (Wildman–Crippen MR) is 71.3 cm³/mol. The maximum absolute atomic E-state index is 12.4. The minimum atomic E-state index is -0.131. The van der Waals surface area contributed by atoms with E-state index in [1.54, 1.807) is 0 Å². The Morgan fingerprint density at radius 1 is 1.26 bits per heavy atom. The van der Waals surface area contributed by atoms with Crippen LogP contribution >= 0.6 is 0 Å². The molecule has 0 radical (unpaired) electrons. The van der Waals surface area contributed by atoms with Crippen LogP contribution in [0.2, 0.25) is 0 Å². The lowest BCUT2D eigenvalue weighted by molar-refractivity contribution is -0.248. The zero-order chi connectivity index (χ0) is 13.5. The number of rotatable bonds is 1. The molecule has 0 amide bonds. The van der Waals surface area contributed by atoms with Crippen LogP contribution in [0.4, 0.5) is 0 Å². The van der Waals surface area contributed by atoms with Crippen molar-refractivity contribution >= 4 is 11.9 Å². The van der Waals surface area contributed by atoms with Gasteiger partial charge in [0.15, 0.2) is 5.78 Å². The second kappa shape index (κ2) is 4.47. The molecule has 4 heteroatoms. The van der Waals surface area contributed by atoms with Gasteiger partial charge in [0, 0.05) is 17.8 Å². The summed E-state index contributed by atoms with van der Waals surface area (Å²) in [6.07, 6.45) is 3.21. The zero-order valence-electron chi connectivity index (χ0n) is 11.1. The molecule has 1 saturated heterocycles. The molecule has 2 atom stereocenters. The number of ketones is 1. The first-order chi connectivity index (χ1) is 9.24. The van der Waals surface area contributed by atoms with E-state index in [-0.39, 0.29) is 5.41 Å². The lowest BCUT2D eigenvalue weighted by Crippen LogP contribution is -2.26. The SMILES string of the molecule is COOC.O=C1c2ccccc2C=C2NC[C@@H]3C[C@]123. The molecule has 19 heavy (non-hydrogen) atoms. The Bertz CT molecular complexity index is 550. The minimum absolute atomic E-state index is 0.131. The first kappa shape index (κ1) is 12.4. The van der Waals surface area contributed by atoms with E-state index in [2.05, 4.69) is 21.2 Å². The second-order valence-electron chi connectivity index (χ2n) is 5.06. The summed E-state index contributed by atoms with van der Waals surface area (Å²) in [4.78, 5) is 20.5. The number of nitrogens with one attached hydrogen (secondary N) is 1. The highest BCUT2D eigenvalue weighted by molar-refractivity contribution is 6.10. The first-order valence-electron chi connectivity index (χ1n) is 6.40. The fraction of sp³-hybridized carbons (Fsp3) is 0.400. The van der Waals surface area contributed by atoms with Gasteiger partial charge in [-0.25, -0.2) is 9.78 Å². The van der Waals surface area contributed by atoms with E-state index in [9.17, 15) is 4.79 Å². The molecule has 1 N–H and O–H groups in total. The van der Waals surface area contributed by atoms with Gasteiger partial charge < -0.3 is 5.32 Å². The van der Waals surface area contributed by atoms with Gasteiger partial charge in [-0.05, 0) is 24.0 Å². The van der Waals surface area contributed by atoms with Crippen molar-refractivity contribution in [2.45, 2.75) is 6.42 Å². The van der Waals surface area contributed by atoms with Gasteiger partial charge in [-0.1, -0.05) is 24.3 Å². The summed E-state index contributed by atoms with van der Waals surface area (Å²) in [6, 6.07) is 7.91. The highest BCUT2D eigenvalue weighted by Gasteiger charge is 2.66. The van der Waals surface area contributed by atoms with Crippen molar-refractivity contribution in [2.24, 2.45) is 11.3 Å². The number of hydrogen-bond acceptors (Lipinski definition) is 4. The van der Waals surface area contributed by atoms with Crippen LogP contribution in [0.5, 0.6) is 0 Å². The van der Waals surface area contributed by atoms with E-state index in [4.69, 9.17) is 0 Å². The van der Waals surface area contributed by atoms with Crippen molar-refractivity contribution in [3.8, 4) is 0 Å². The molecule has 1 spiro atoms. The fourth-order valence-corrected chi connectivity index (χ4v) is 3.10. The van der Waals surface area contributed by atoms with Crippen molar-refractivity contribution < 1.29 is 14.6 Å². The Morgan fingerprint density at radius 3 is 2.68 bits per heavy atom. The van der Waals surface area contributed by atoms with Crippen molar-refractivity contribution in [3.05, 3.63) is 41.1 Å². The van der Waals surface area contributed by atoms with Crippen LogP contribution in [0, 0.1) is 11.3 Å². The third-order valence-electron chi connectivity index (χ3n) is 4.20. The number of benzene rings is 1. The van der Waals surface area contributed by atoms with Crippen LogP contribution in [-0.2, 0) is 9.78 Å². The van der Waals surface area contributed by atoms with Gasteiger partial charge in [0.1, 0.15) is 0 Å². The van der Waals surface area contributed by atoms with E-state index in [1.165, 1.54) is 14.2 Å². The molecule has 0 bridgehead atoms. The molecule has 2 fully saturated rings. The molecule has 1 aliphatic heterocycles. The standard InChI is InChI=1S/C13H11NO.C2H6O2/c15-12-10-4-2-1-3-8(10)5-11-13(12)6-9(13)7-14-11;1-3-4-2/h1-5,9,14H,6-7H2;1-2H3/t9-,13+;/m0./s1. The van der Waals surface area contributed by atoms with Crippen LogP contribution < -0.4 is 5.32 Å². The van der Waals surface area contributed by atoms with E-state index >= 15 is 0 Å². The van der Waals surface area contributed by atoms with E-state index in [0.717, 1.165) is 29.8 Å². The lowest BCUT2D eigenvalue weighted by Gasteiger charge is -2.21. The fourth-order valence-electron chi connectivity index (χ4n) is 3.10. The van der Waals surface area contributed by atoms with Crippen LogP contribution in [0.1, 0.15) is 22.3 Å². The van der Waals surface area contributed by atoms with Gasteiger partial charge in [0.05, 0.1) is 19.6 Å². The summed E-state index contributed by atoms with van der Waals surface area (Å²) >= 11 is 0. The molecular formula is C15H17NO3. The number of carbonyl (C=O) groups is 1. The summed E-state index contributed by atoms with van der Waals surface area (Å²) in [5.41, 5.74) is 3.01. The smallest absolute Gasteiger partial charge is 0.175 e. The average Bonchev–Trinajstić information content (AvgIpc) is 3.08. The topological polar surface area (TPSA) is 47.6 Å². The van der Waals surface area contributed by atoms with Crippen molar-refractivity contribution in [2.75, 3.05) is 20.8 Å². The summed E-state index contributed by atoms with van der Waals surface area (Å²) in [7, 11) is 2.92. The Morgan fingerprint density at radius 2 is 2.00 bits per heavy atom. The largest absolute Gasteiger partial charge is 0.387 e. The number of carbonyl (C=O) groups excluding carboxylic acids is 1. The van der Waals surface area contributed by atoms with Crippen LogP contribution in [0.3, 0.4) is 0 Å². The molecule has 4 nitrogen and oxygen atoms in total. The molecule has 1 saturated carbocycles.